The molecule has 0 aliphatic carbocycles. The zero-order valence-corrected chi connectivity index (χ0v) is 10.9. The third kappa shape index (κ3) is 3.79. The third-order valence-electron chi connectivity index (χ3n) is 2.70. The highest BCUT2D eigenvalue weighted by molar-refractivity contribution is 7.99. The summed E-state index contributed by atoms with van der Waals surface area (Å²) in [6.07, 6.45) is 0.350. The Hall–Kier alpha value is -1.45. The van der Waals surface area contributed by atoms with Gasteiger partial charge in [-0.15, -0.1) is 11.8 Å². The van der Waals surface area contributed by atoms with Crippen LogP contribution in [0.3, 0.4) is 0 Å². The Labute approximate surface area is 112 Å². The first kappa shape index (κ1) is 13.0. The van der Waals surface area contributed by atoms with E-state index in [0.717, 1.165) is 28.3 Å². The predicted octanol–water partition coefficient (Wildman–Crippen LogP) is 3.48. The highest BCUT2D eigenvalue weighted by atomic mass is 32.2. The van der Waals surface area contributed by atoms with Gasteiger partial charge in [0.1, 0.15) is 0 Å². The Bertz CT molecular complexity index is 487. The highest BCUT2D eigenvalue weighted by Crippen LogP contribution is 2.24. The molecule has 0 radical (unpaired) electrons. The number of anilines is 1. The van der Waals surface area contributed by atoms with Crippen LogP contribution >= 0.6 is 11.8 Å². The van der Waals surface area contributed by atoms with Crippen molar-refractivity contribution >= 4 is 17.4 Å². The summed E-state index contributed by atoms with van der Waals surface area (Å²) in [4.78, 5) is 1.15. The average molecular weight is 259 g/mol. The fourth-order valence-electron chi connectivity index (χ4n) is 1.73. The van der Waals surface area contributed by atoms with Gasteiger partial charge in [-0.3, -0.25) is 0 Å². The summed E-state index contributed by atoms with van der Waals surface area (Å²) in [5.74, 6) is 0.875. The van der Waals surface area contributed by atoms with Crippen molar-refractivity contribution in [1.29, 1.82) is 0 Å². The lowest BCUT2D eigenvalue weighted by molar-refractivity contribution is 0.175. The van der Waals surface area contributed by atoms with Gasteiger partial charge in [-0.25, -0.2) is 0 Å². The number of hydrogen-bond acceptors (Lipinski definition) is 3. The van der Waals surface area contributed by atoms with Gasteiger partial charge in [-0.2, -0.15) is 0 Å². The van der Waals surface area contributed by atoms with Crippen LogP contribution in [-0.4, -0.2) is 10.9 Å². The lowest BCUT2D eigenvalue weighted by Crippen LogP contribution is -1.98. The van der Waals surface area contributed by atoms with Gasteiger partial charge in [0.2, 0.25) is 0 Å². The molecule has 0 amide bonds. The highest BCUT2D eigenvalue weighted by Gasteiger charge is 2.06. The Morgan fingerprint density at radius 3 is 2.56 bits per heavy atom. The predicted molar refractivity (Wildman–Crippen MR) is 77.6 cm³/mol. The van der Waals surface area contributed by atoms with Gasteiger partial charge in [0.15, 0.2) is 0 Å². The molecule has 0 saturated carbocycles. The molecule has 2 nitrogen and oxygen atoms in total. The summed E-state index contributed by atoms with van der Waals surface area (Å²) >= 11 is 1.72. The fraction of sp³-hybridized carbons (Fsp3) is 0.200. The van der Waals surface area contributed by atoms with Crippen LogP contribution in [0.25, 0.3) is 0 Å². The number of nitrogens with two attached hydrogens (primary N) is 1. The summed E-state index contributed by atoms with van der Waals surface area (Å²) in [5, 5.41) is 10.0. The smallest absolute Gasteiger partial charge is 0.0798 e. The Morgan fingerprint density at radius 2 is 1.83 bits per heavy atom. The van der Waals surface area contributed by atoms with Gasteiger partial charge in [-0.05, 0) is 30.2 Å². The van der Waals surface area contributed by atoms with E-state index in [9.17, 15) is 5.11 Å². The van der Waals surface area contributed by atoms with E-state index in [1.807, 2.05) is 54.6 Å². The number of nitrogen functional groups attached to an aromatic ring is 1. The monoisotopic (exact) mass is 259 g/mol. The number of rotatable bonds is 5. The van der Waals surface area contributed by atoms with Gasteiger partial charge < -0.3 is 10.8 Å². The van der Waals surface area contributed by atoms with Crippen LogP contribution in [0.5, 0.6) is 0 Å². The molecule has 2 aromatic rings. The summed E-state index contributed by atoms with van der Waals surface area (Å²) in [7, 11) is 0. The molecule has 0 aliphatic rings. The number of thioether (sulfide) groups is 1. The maximum atomic E-state index is 10.0. The minimum atomic E-state index is -0.389. The van der Waals surface area contributed by atoms with Crippen LogP contribution in [0.1, 0.15) is 18.1 Å². The maximum Gasteiger partial charge on any atom is 0.0798 e. The summed E-state index contributed by atoms with van der Waals surface area (Å²) in [6, 6.07) is 17.6. The summed E-state index contributed by atoms with van der Waals surface area (Å²) < 4.78 is 0. The van der Waals surface area contributed by atoms with E-state index >= 15 is 0 Å². The van der Waals surface area contributed by atoms with Gasteiger partial charge in [-0.1, -0.05) is 36.4 Å². The summed E-state index contributed by atoms with van der Waals surface area (Å²) in [6.45, 7) is 0. The molecule has 18 heavy (non-hydrogen) atoms. The van der Waals surface area contributed by atoms with Crippen LogP contribution < -0.4 is 5.73 Å². The molecule has 0 aromatic heterocycles. The summed E-state index contributed by atoms with van der Waals surface area (Å²) in [5.41, 5.74) is 7.48. The molecule has 0 saturated heterocycles. The standard InChI is InChI=1S/C15H17NOS/c16-13-7-4-8-14(11-13)18-10-9-15(17)12-5-2-1-3-6-12/h1-8,11,15,17H,9-10,16H2/t15-/m1/s1. The second-order valence-electron chi connectivity index (χ2n) is 4.14. The van der Waals surface area contributed by atoms with Crippen molar-refractivity contribution in [2.75, 3.05) is 11.5 Å². The van der Waals surface area contributed by atoms with Crippen molar-refractivity contribution in [1.82, 2.24) is 0 Å². The number of hydrogen-bond donors (Lipinski definition) is 2. The van der Waals surface area contributed by atoms with Crippen molar-refractivity contribution < 1.29 is 5.11 Å². The van der Waals surface area contributed by atoms with E-state index in [0.29, 0.717) is 0 Å². The normalized spacial score (nSPS) is 12.3. The third-order valence-corrected chi connectivity index (χ3v) is 3.73. The topological polar surface area (TPSA) is 46.2 Å². The van der Waals surface area contributed by atoms with Crippen molar-refractivity contribution in [2.45, 2.75) is 17.4 Å². The van der Waals surface area contributed by atoms with Crippen molar-refractivity contribution in [3.63, 3.8) is 0 Å². The van der Waals surface area contributed by atoms with E-state index in [4.69, 9.17) is 5.73 Å². The molecular weight excluding hydrogens is 242 g/mol. The van der Waals surface area contributed by atoms with Gasteiger partial charge >= 0.3 is 0 Å². The molecular formula is C15H17NOS. The molecule has 1 atom stereocenters. The van der Waals surface area contributed by atoms with E-state index in [2.05, 4.69) is 0 Å². The first-order chi connectivity index (χ1) is 8.75. The second-order valence-corrected chi connectivity index (χ2v) is 5.30. The molecule has 0 bridgehead atoms. The van der Waals surface area contributed by atoms with Crippen molar-refractivity contribution in [3.8, 4) is 0 Å². The van der Waals surface area contributed by atoms with Crippen molar-refractivity contribution in [3.05, 3.63) is 60.2 Å². The van der Waals surface area contributed by atoms with Gasteiger partial charge in [0, 0.05) is 16.3 Å². The molecule has 0 unspecified atom stereocenters. The number of benzene rings is 2. The number of aliphatic hydroxyl groups excluding tert-OH is 1. The van der Waals surface area contributed by atoms with Crippen LogP contribution in [0, 0.1) is 0 Å². The minimum Gasteiger partial charge on any atom is -0.399 e. The molecule has 94 valence electrons. The molecule has 2 rings (SSSR count). The van der Waals surface area contributed by atoms with Crippen molar-refractivity contribution in [2.24, 2.45) is 0 Å². The quantitative estimate of drug-likeness (QED) is 0.638. The lowest BCUT2D eigenvalue weighted by Gasteiger charge is -2.10. The average Bonchev–Trinajstić information content (AvgIpc) is 2.40. The van der Waals surface area contributed by atoms with E-state index < -0.39 is 0 Å². The molecule has 2 aromatic carbocycles. The lowest BCUT2D eigenvalue weighted by atomic mass is 10.1. The second kappa shape index (κ2) is 6.47. The molecule has 3 N–H and O–H groups in total. The zero-order valence-electron chi connectivity index (χ0n) is 10.1. The van der Waals surface area contributed by atoms with E-state index in [-0.39, 0.29) is 6.10 Å². The Kier molecular flexibility index (Phi) is 4.67. The van der Waals surface area contributed by atoms with E-state index in [1.54, 1.807) is 11.8 Å². The molecule has 3 heteroatoms. The Balaban J connectivity index is 1.82. The first-order valence-electron chi connectivity index (χ1n) is 5.97. The zero-order chi connectivity index (χ0) is 12.8. The largest absolute Gasteiger partial charge is 0.399 e. The van der Waals surface area contributed by atoms with Gasteiger partial charge in [0.25, 0.3) is 0 Å². The minimum absolute atomic E-state index is 0.389. The van der Waals surface area contributed by atoms with Crippen LogP contribution in [0.15, 0.2) is 59.5 Å². The van der Waals surface area contributed by atoms with Crippen LogP contribution in [0.4, 0.5) is 5.69 Å². The van der Waals surface area contributed by atoms with Gasteiger partial charge in [0.05, 0.1) is 6.10 Å². The number of aliphatic hydroxyl groups is 1. The van der Waals surface area contributed by atoms with Crippen LogP contribution in [-0.2, 0) is 0 Å². The SMILES string of the molecule is Nc1cccc(SCC[C@@H](O)c2ccccc2)c1. The maximum absolute atomic E-state index is 10.0. The first-order valence-corrected chi connectivity index (χ1v) is 6.95. The Morgan fingerprint density at radius 1 is 1.06 bits per heavy atom. The molecule has 0 aliphatic heterocycles. The molecule has 0 heterocycles. The van der Waals surface area contributed by atoms with Crippen LogP contribution in [0.2, 0.25) is 0 Å². The molecule has 0 fully saturated rings. The molecule has 0 spiro atoms. The fourth-order valence-corrected chi connectivity index (χ4v) is 2.71. The van der Waals surface area contributed by atoms with E-state index in [1.165, 1.54) is 0 Å².